The zero-order chi connectivity index (χ0) is 21.7. The van der Waals surface area contributed by atoms with Crippen molar-refractivity contribution in [3.05, 3.63) is 42.1 Å². The molecule has 0 bridgehead atoms. The van der Waals surface area contributed by atoms with E-state index in [0.717, 1.165) is 5.56 Å². The van der Waals surface area contributed by atoms with Crippen molar-refractivity contribution >= 4 is 27.6 Å². The number of sulfone groups is 1. The minimum atomic E-state index is -3.10. The van der Waals surface area contributed by atoms with E-state index in [4.69, 9.17) is 4.52 Å². The minimum absolute atomic E-state index is 0.0281. The fourth-order valence-corrected chi connectivity index (χ4v) is 4.13. The van der Waals surface area contributed by atoms with Crippen LogP contribution in [-0.2, 0) is 19.4 Å². The quantitative estimate of drug-likeness (QED) is 0.644. The molecule has 1 unspecified atom stereocenters. The number of hydrogen-bond acceptors (Lipinski definition) is 7. The van der Waals surface area contributed by atoms with Gasteiger partial charge in [-0.05, 0) is 6.92 Å². The molecule has 1 aliphatic rings. The molecule has 3 rings (SSSR count). The lowest BCUT2D eigenvalue weighted by atomic mass is 10.1. The van der Waals surface area contributed by atoms with Crippen LogP contribution in [0.3, 0.4) is 0 Å². The number of aromatic nitrogens is 1. The summed E-state index contributed by atoms with van der Waals surface area (Å²) in [6, 6.07) is 9.76. The second-order valence-corrected chi connectivity index (χ2v) is 9.20. The van der Waals surface area contributed by atoms with Gasteiger partial charge in [0.2, 0.25) is 11.8 Å². The van der Waals surface area contributed by atoms with E-state index in [1.807, 2.05) is 30.3 Å². The van der Waals surface area contributed by atoms with Crippen LogP contribution in [-0.4, -0.2) is 73.4 Å². The molecule has 30 heavy (non-hydrogen) atoms. The molecule has 0 aliphatic carbocycles. The fourth-order valence-electron chi connectivity index (χ4n) is 2.93. The molecule has 1 aromatic carbocycles. The Morgan fingerprint density at radius 2 is 1.83 bits per heavy atom. The summed E-state index contributed by atoms with van der Waals surface area (Å²) in [5, 5.41) is 8.62. The van der Waals surface area contributed by atoms with Crippen molar-refractivity contribution in [3.8, 4) is 11.3 Å². The van der Waals surface area contributed by atoms with Crippen LogP contribution in [0.25, 0.3) is 11.3 Å². The highest BCUT2D eigenvalue weighted by Crippen LogP contribution is 2.19. The first-order chi connectivity index (χ1) is 14.2. The number of rotatable bonds is 6. The zero-order valence-corrected chi connectivity index (χ0v) is 17.1. The molecule has 2 N–H and O–H groups in total. The summed E-state index contributed by atoms with van der Waals surface area (Å²) in [4.78, 5) is 38.0. The molecule has 1 aromatic heterocycles. The van der Waals surface area contributed by atoms with Gasteiger partial charge in [0.25, 0.3) is 5.91 Å². The van der Waals surface area contributed by atoms with Gasteiger partial charge in [-0.25, -0.2) is 8.42 Å². The fraction of sp³-hybridized carbons (Fsp3) is 0.368. The van der Waals surface area contributed by atoms with E-state index < -0.39 is 27.7 Å². The van der Waals surface area contributed by atoms with E-state index >= 15 is 0 Å². The molecular formula is C19H22N4O6S. The van der Waals surface area contributed by atoms with Gasteiger partial charge in [-0.3, -0.25) is 14.4 Å². The van der Waals surface area contributed by atoms with Gasteiger partial charge in [-0.2, -0.15) is 0 Å². The summed E-state index contributed by atoms with van der Waals surface area (Å²) < 4.78 is 28.1. The third-order valence-corrected chi connectivity index (χ3v) is 6.22. The van der Waals surface area contributed by atoms with Gasteiger partial charge in [0.05, 0.1) is 18.1 Å². The molecule has 11 heteroatoms. The summed E-state index contributed by atoms with van der Waals surface area (Å²) >= 11 is 0. The summed E-state index contributed by atoms with van der Waals surface area (Å²) in [5.41, 5.74) is 0.792. The zero-order valence-electron chi connectivity index (χ0n) is 16.3. The first kappa shape index (κ1) is 21.5. The van der Waals surface area contributed by atoms with Gasteiger partial charge in [0.1, 0.15) is 6.04 Å². The molecule has 1 fully saturated rings. The van der Waals surface area contributed by atoms with E-state index in [9.17, 15) is 22.8 Å². The smallest absolute Gasteiger partial charge is 0.273 e. The second-order valence-electron chi connectivity index (χ2n) is 6.89. The Hall–Kier alpha value is -3.21. The highest BCUT2D eigenvalue weighted by Gasteiger charge is 2.28. The van der Waals surface area contributed by atoms with Crippen molar-refractivity contribution in [2.75, 3.05) is 31.1 Å². The van der Waals surface area contributed by atoms with Gasteiger partial charge < -0.3 is 20.1 Å². The SMILES string of the molecule is CC(NC(=O)CNC(=O)c1cc(-c2ccccc2)on1)C(=O)N1CCS(=O)(=O)CC1. The maximum Gasteiger partial charge on any atom is 0.273 e. The summed E-state index contributed by atoms with van der Waals surface area (Å²) in [6.45, 7) is 1.37. The average Bonchev–Trinajstić information content (AvgIpc) is 3.22. The highest BCUT2D eigenvalue weighted by molar-refractivity contribution is 7.91. The molecule has 0 radical (unpaired) electrons. The maximum absolute atomic E-state index is 12.3. The Bertz CT molecular complexity index is 1020. The monoisotopic (exact) mass is 434 g/mol. The maximum atomic E-state index is 12.3. The number of benzene rings is 1. The van der Waals surface area contributed by atoms with E-state index in [1.54, 1.807) is 0 Å². The molecule has 0 spiro atoms. The predicted octanol–water partition coefficient (Wildman–Crippen LogP) is -0.167. The largest absolute Gasteiger partial charge is 0.355 e. The number of hydrogen-bond donors (Lipinski definition) is 2. The summed E-state index contributed by atoms with van der Waals surface area (Å²) in [7, 11) is -3.10. The van der Waals surface area contributed by atoms with E-state index in [-0.39, 0.29) is 42.7 Å². The molecule has 3 amide bonds. The Morgan fingerprint density at radius 1 is 1.17 bits per heavy atom. The highest BCUT2D eigenvalue weighted by atomic mass is 32.2. The average molecular weight is 434 g/mol. The number of nitrogens with zero attached hydrogens (tertiary/aromatic N) is 2. The number of carbonyl (C=O) groups excluding carboxylic acids is 3. The van der Waals surface area contributed by atoms with Crippen molar-refractivity contribution in [2.45, 2.75) is 13.0 Å². The first-order valence-electron chi connectivity index (χ1n) is 9.34. The standard InChI is InChI=1S/C19H22N4O6S/c1-13(19(26)23-7-9-30(27,28)10-8-23)21-17(24)12-20-18(25)15-11-16(29-22-15)14-5-3-2-4-6-14/h2-6,11,13H,7-10,12H2,1H3,(H,20,25)(H,21,24). The number of carbonyl (C=O) groups is 3. The van der Waals surface area contributed by atoms with E-state index in [0.29, 0.717) is 5.76 Å². The lowest BCUT2D eigenvalue weighted by molar-refractivity contribution is -0.135. The Labute approximate surface area is 173 Å². The van der Waals surface area contributed by atoms with Crippen LogP contribution in [0.5, 0.6) is 0 Å². The van der Waals surface area contributed by atoms with Crippen LogP contribution < -0.4 is 10.6 Å². The van der Waals surface area contributed by atoms with Crippen molar-refractivity contribution in [1.29, 1.82) is 0 Å². The van der Waals surface area contributed by atoms with Crippen molar-refractivity contribution in [2.24, 2.45) is 0 Å². The minimum Gasteiger partial charge on any atom is -0.355 e. The van der Waals surface area contributed by atoms with Crippen molar-refractivity contribution in [3.63, 3.8) is 0 Å². The van der Waals surface area contributed by atoms with E-state index in [2.05, 4.69) is 15.8 Å². The van der Waals surface area contributed by atoms with Crippen LogP contribution in [0.15, 0.2) is 40.9 Å². The molecule has 1 saturated heterocycles. The second kappa shape index (κ2) is 9.08. The molecule has 160 valence electrons. The summed E-state index contributed by atoms with van der Waals surface area (Å²) in [6.07, 6.45) is 0. The third-order valence-electron chi connectivity index (χ3n) is 4.61. The van der Waals surface area contributed by atoms with Gasteiger partial charge in [0.15, 0.2) is 21.3 Å². The molecular weight excluding hydrogens is 412 g/mol. The Kier molecular flexibility index (Phi) is 6.50. The predicted molar refractivity (Wildman–Crippen MR) is 107 cm³/mol. The summed E-state index contributed by atoms with van der Waals surface area (Å²) in [5.74, 6) is -1.26. The molecule has 0 saturated carbocycles. The van der Waals surface area contributed by atoms with Gasteiger partial charge in [-0.15, -0.1) is 0 Å². The Morgan fingerprint density at radius 3 is 2.50 bits per heavy atom. The number of amides is 3. The van der Waals surface area contributed by atoms with Crippen LogP contribution in [0.4, 0.5) is 0 Å². The van der Waals surface area contributed by atoms with E-state index in [1.165, 1.54) is 17.9 Å². The lowest BCUT2D eigenvalue weighted by Gasteiger charge is -2.29. The van der Waals surface area contributed by atoms with Gasteiger partial charge in [0, 0.05) is 24.7 Å². The van der Waals surface area contributed by atoms with Crippen LogP contribution in [0.2, 0.25) is 0 Å². The normalized spacial score (nSPS) is 16.5. The topological polar surface area (TPSA) is 139 Å². The van der Waals surface area contributed by atoms with Crippen molar-refractivity contribution in [1.82, 2.24) is 20.7 Å². The molecule has 1 aliphatic heterocycles. The molecule has 10 nitrogen and oxygen atoms in total. The van der Waals surface area contributed by atoms with Crippen molar-refractivity contribution < 1.29 is 27.3 Å². The molecule has 2 aromatic rings. The third kappa shape index (κ3) is 5.44. The van der Waals surface area contributed by atoms with Crippen LogP contribution in [0, 0.1) is 0 Å². The Balaban J connectivity index is 1.47. The molecule has 1 atom stereocenters. The van der Waals surface area contributed by atoms with Crippen LogP contribution >= 0.6 is 0 Å². The lowest BCUT2D eigenvalue weighted by Crippen LogP contribution is -2.52. The van der Waals surface area contributed by atoms with Gasteiger partial charge in [-0.1, -0.05) is 35.5 Å². The molecule has 2 heterocycles. The first-order valence-corrected chi connectivity index (χ1v) is 11.2. The van der Waals surface area contributed by atoms with Crippen LogP contribution in [0.1, 0.15) is 17.4 Å². The van der Waals surface area contributed by atoms with Gasteiger partial charge >= 0.3 is 0 Å². The number of nitrogens with one attached hydrogen (secondary N) is 2.